The van der Waals surface area contributed by atoms with E-state index in [2.05, 4.69) is 27.3 Å². The highest BCUT2D eigenvalue weighted by atomic mass is 16.4. The fourth-order valence-corrected chi connectivity index (χ4v) is 5.29. The Bertz CT molecular complexity index is 1690. The van der Waals surface area contributed by atoms with Gasteiger partial charge in [0, 0.05) is 43.1 Å². The molecule has 2 heterocycles. The molecule has 4 aromatic rings. The lowest BCUT2D eigenvalue weighted by Gasteiger charge is -2.37. The second-order valence-corrected chi connectivity index (χ2v) is 10.0. The van der Waals surface area contributed by atoms with E-state index in [0.717, 1.165) is 35.5 Å². The van der Waals surface area contributed by atoms with Gasteiger partial charge in [-0.05, 0) is 68.3 Å². The molecule has 0 amide bonds. The van der Waals surface area contributed by atoms with Gasteiger partial charge < -0.3 is 20.2 Å². The fraction of sp³-hybridized carbons (Fsp3) is 0.258. The normalized spacial score (nSPS) is 13.9. The van der Waals surface area contributed by atoms with Gasteiger partial charge in [-0.2, -0.15) is 10.5 Å². The molecule has 0 radical (unpaired) electrons. The van der Waals surface area contributed by atoms with Crippen LogP contribution in [0.4, 0.5) is 17.2 Å². The quantitative estimate of drug-likeness (QED) is 0.345. The highest BCUT2D eigenvalue weighted by molar-refractivity contribution is 5.94. The molecular weight excluding hydrogens is 502 g/mol. The number of aromatic nitrogens is 2. The number of anilines is 3. The van der Waals surface area contributed by atoms with E-state index in [-0.39, 0.29) is 17.3 Å². The number of rotatable bonds is 6. The molecule has 1 aliphatic rings. The van der Waals surface area contributed by atoms with Crippen LogP contribution >= 0.6 is 0 Å². The van der Waals surface area contributed by atoms with Crippen LogP contribution in [-0.4, -0.2) is 47.2 Å². The summed E-state index contributed by atoms with van der Waals surface area (Å²) in [6.07, 6.45) is 0. The molecule has 5 rings (SSSR count). The molecule has 9 nitrogen and oxygen atoms in total. The smallest absolute Gasteiger partial charge is 0.337 e. The molecular formula is C31H29N7O2. The minimum absolute atomic E-state index is 0.195. The third-order valence-electron chi connectivity index (χ3n) is 7.27. The second-order valence-electron chi connectivity index (χ2n) is 10.0. The molecule has 1 atom stereocenters. The maximum absolute atomic E-state index is 11.7. The number of para-hydroxylation sites is 1. The van der Waals surface area contributed by atoms with Crippen LogP contribution in [0.5, 0.6) is 0 Å². The molecule has 1 fully saturated rings. The zero-order chi connectivity index (χ0) is 28.4. The van der Waals surface area contributed by atoms with Crippen LogP contribution in [0.3, 0.4) is 0 Å². The zero-order valence-corrected chi connectivity index (χ0v) is 22.6. The Kier molecular flexibility index (Phi) is 7.22. The number of carboxylic acid groups (broad SMARTS) is 1. The molecule has 9 heteroatoms. The minimum Gasteiger partial charge on any atom is -0.478 e. The van der Waals surface area contributed by atoms with Gasteiger partial charge in [0.2, 0.25) is 0 Å². The zero-order valence-electron chi connectivity index (χ0n) is 22.6. The van der Waals surface area contributed by atoms with Crippen LogP contribution in [-0.2, 0) is 0 Å². The molecule has 3 aromatic carbocycles. The van der Waals surface area contributed by atoms with Gasteiger partial charge in [0.05, 0.1) is 34.3 Å². The van der Waals surface area contributed by atoms with Gasteiger partial charge in [0.15, 0.2) is 11.5 Å². The Balaban J connectivity index is 1.46. The first-order chi connectivity index (χ1) is 19.3. The van der Waals surface area contributed by atoms with Crippen molar-refractivity contribution in [2.45, 2.75) is 26.8 Å². The van der Waals surface area contributed by atoms with E-state index < -0.39 is 5.97 Å². The van der Waals surface area contributed by atoms with Crippen LogP contribution in [0.1, 0.15) is 51.3 Å². The SMILES string of the molecule is Cc1cc([C@@H](C)Nc2ccccc2C(=O)O)c2nc(N3CCN(c4ccc(C#N)cc4C)CC3)c(C#N)nc2c1. The maximum atomic E-state index is 11.7. The largest absolute Gasteiger partial charge is 0.478 e. The first-order valence-electron chi connectivity index (χ1n) is 13.1. The predicted molar refractivity (Wildman–Crippen MR) is 155 cm³/mol. The summed E-state index contributed by atoms with van der Waals surface area (Å²) in [6, 6.07) is 20.6. The van der Waals surface area contributed by atoms with Gasteiger partial charge in [-0.3, -0.25) is 0 Å². The summed E-state index contributed by atoms with van der Waals surface area (Å²) in [7, 11) is 0. The first-order valence-corrected chi connectivity index (χ1v) is 13.1. The van der Waals surface area contributed by atoms with Crippen molar-refractivity contribution in [1.29, 1.82) is 10.5 Å². The van der Waals surface area contributed by atoms with E-state index in [0.29, 0.717) is 41.2 Å². The number of aryl methyl sites for hydroxylation is 2. The molecule has 0 bridgehead atoms. The Hall–Kier alpha value is -5.15. The Morgan fingerprint density at radius 1 is 0.975 bits per heavy atom. The second kappa shape index (κ2) is 10.9. The summed E-state index contributed by atoms with van der Waals surface area (Å²) in [5, 5.41) is 32.1. The third kappa shape index (κ3) is 5.10. The average molecular weight is 532 g/mol. The van der Waals surface area contributed by atoms with Crippen LogP contribution in [0.25, 0.3) is 11.0 Å². The molecule has 1 saturated heterocycles. The lowest BCUT2D eigenvalue weighted by molar-refractivity contribution is 0.0698. The summed E-state index contributed by atoms with van der Waals surface area (Å²) >= 11 is 0. The average Bonchev–Trinajstić information content (AvgIpc) is 2.96. The molecule has 0 saturated carbocycles. The van der Waals surface area contributed by atoms with Crippen molar-refractivity contribution in [2.75, 3.05) is 41.3 Å². The number of piperazine rings is 1. The lowest BCUT2D eigenvalue weighted by atomic mass is 10.0. The number of fused-ring (bicyclic) bond motifs is 1. The van der Waals surface area contributed by atoms with E-state index in [1.807, 2.05) is 51.1 Å². The summed E-state index contributed by atoms with van der Waals surface area (Å²) in [4.78, 5) is 25.8. The van der Waals surface area contributed by atoms with Crippen LogP contribution in [0.15, 0.2) is 54.6 Å². The summed E-state index contributed by atoms with van der Waals surface area (Å²) in [6.45, 7) is 8.74. The molecule has 0 unspecified atom stereocenters. The number of nitrogens with one attached hydrogen (secondary N) is 1. The van der Waals surface area contributed by atoms with Gasteiger partial charge in [0.1, 0.15) is 6.07 Å². The van der Waals surface area contributed by atoms with E-state index >= 15 is 0 Å². The third-order valence-corrected chi connectivity index (χ3v) is 7.27. The molecule has 2 N–H and O–H groups in total. The van der Waals surface area contributed by atoms with E-state index in [1.165, 1.54) is 0 Å². The van der Waals surface area contributed by atoms with E-state index in [1.54, 1.807) is 24.3 Å². The van der Waals surface area contributed by atoms with Gasteiger partial charge in [0.25, 0.3) is 0 Å². The Morgan fingerprint density at radius 2 is 1.70 bits per heavy atom. The lowest BCUT2D eigenvalue weighted by Crippen LogP contribution is -2.47. The van der Waals surface area contributed by atoms with E-state index in [9.17, 15) is 20.4 Å². The standard InChI is InChI=1S/C31H29N7O2/c1-19-14-24(21(3)34-25-7-5-4-6-23(25)31(39)40)29-26(15-19)35-27(18-33)30(36-29)38-12-10-37(11-13-38)28-9-8-22(17-32)16-20(28)2/h4-9,14-16,21,34H,10-13H2,1-3H3,(H,39,40)/t21-/m1/s1. The molecule has 0 aliphatic carbocycles. The number of nitriles is 2. The highest BCUT2D eigenvalue weighted by Crippen LogP contribution is 2.31. The molecule has 1 aliphatic heterocycles. The van der Waals surface area contributed by atoms with Crippen molar-refractivity contribution in [1.82, 2.24) is 9.97 Å². The van der Waals surface area contributed by atoms with Gasteiger partial charge in [-0.25, -0.2) is 14.8 Å². The Morgan fingerprint density at radius 3 is 2.38 bits per heavy atom. The number of nitrogens with zero attached hydrogens (tertiary/aromatic N) is 6. The first kappa shape index (κ1) is 26.5. The minimum atomic E-state index is -1.000. The van der Waals surface area contributed by atoms with Crippen LogP contribution in [0.2, 0.25) is 0 Å². The summed E-state index contributed by atoms with van der Waals surface area (Å²) in [5.74, 6) is -0.449. The topological polar surface area (TPSA) is 129 Å². The Labute approximate surface area is 232 Å². The maximum Gasteiger partial charge on any atom is 0.337 e. The van der Waals surface area contributed by atoms with E-state index in [4.69, 9.17) is 9.97 Å². The monoisotopic (exact) mass is 531 g/mol. The van der Waals surface area contributed by atoms with Gasteiger partial charge in [-0.15, -0.1) is 0 Å². The predicted octanol–water partition coefficient (Wildman–Crippen LogP) is 5.19. The highest BCUT2D eigenvalue weighted by Gasteiger charge is 2.24. The number of carbonyl (C=O) groups is 1. The van der Waals surface area contributed by atoms with Crippen molar-refractivity contribution < 1.29 is 9.90 Å². The summed E-state index contributed by atoms with van der Waals surface area (Å²) in [5.41, 5.74) is 6.95. The van der Waals surface area contributed by atoms with Crippen molar-refractivity contribution in [3.8, 4) is 12.1 Å². The van der Waals surface area contributed by atoms with Crippen LogP contribution < -0.4 is 15.1 Å². The van der Waals surface area contributed by atoms with Crippen LogP contribution in [0, 0.1) is 36.5 Å². The fourth-order valence-electron chi connectivity index (χ4n) is 5.29. The van der Waals surface area contributed by atoms with Crippen molar-refractivity contribution >= 4 is 34.2 Å². The number of aromatic carboxylic acids is 1. The molecule has 200 valence electrons. The van der Waals surface area contributed by atoms with Crippen molar-refractivity contribution in [3.63, 3.8) is 0 Å². The molecule has 0 spiro atoms. The van der Waals surface area contributed by atoms with Crippen molar-refractivity contribution in [3.05, 3.63) is 88.1 Å². The molecule has 1 aromatic heterocycles. The van der Waals surface area contributed by atoms with Gasteiger partial charge >= 0.3 is 5.97 Å². The number of hydrogen-bond donors (Lipinski definition) is 2. The number of hydrogen-bond acceptors (Lipinski definition) is 8. The number of benzene rings is 3. The molecule has 40 heavy (non-hydrogen) atoms. The summed E-state index contributed by atoms with van der Waals surface area (Å²) < 4.78 is 0. The van der Waals surface area contributed by atoms with Crippen molar-refractivity contribution in [2.24, 2.45) is 0 Å². The van der Waals surface area contributed by atoms with Gasteiger partial charge in [-0.1, -0.05) is 18.2 Å². The number of carboxylic acids is 1.